The van der Waals surface area contributed by atoms with E-state index in [0.717, 1.165) is 0 Å². The quantitative estimate of drug-likeness (QED) is 0.488. The summed E-state index contributed by atoms with van der Waals surface area (Å²) in [6, 6.07) is 10.9. The first-order valence-corrected chi connectivity index (χ1v) is 9.61. The topological polar surface area (TPSA) is 54.4 Å². The van der Waals surface area contributed by atoms with Crippen LogP contribution in [0.1, 0.15) is 16.7 Å². The van der Waals surface area contributed by atoms with Gasteiger partial charge in [-0.3, -0.25) is 4.79 Å². The predicted molar refractivity (Wildman–Crippen MR) is 108 cm³/mol. The minimum absolute atomic E-state index is 0.0364. The maximum absolute atomic E-state index is 14.3. The number of fused-ring (bicyclic) bond motifs is 1. The molecule has 0 spiro atoms. The molecule has 0 saturated heterocycles. The normalized spacial score (nSPS) is 14.3. The average Bonchev–Trinajstić information content (AvgIpc) is 3.03. The van der Waals surface area contributed by atoms with Gasteiger partial charge in [0.25, 0.3) is 0 Å². The van der Waals surface area contributed by atoms with Crippen LogP contribution in [0.15, 0.2) is 58.6 Å². The van der Waals surface area contributed by atoms with Crippen LogP contribution < -0.4 is 0 Å². The van der Waals surface area contributed by atoms with Crippen LogP contribution in [-0.4, -0.2) is 28.7 Å². The number of carbonyl (C=O) groups excluding carboxylic acids is 1. The van der Waals surface area contributed by atoms with Gasteiger partial charge in [-0.25, -0.2) is 4.79 Å². The van der Waals surface area contributed by atoms with Gasteiger partial charge in [-0.15, -0.1) is 0 Å². The number of ketones is 1. The van der Waals surface area contributed by atoms with Gasteiger partial charge in [-0.05, 0) is 52.9 Å². The Balaban J connectivity index is 2.11. The number of halogens is 6. The standard InChI is InChI=1S/C21H12BrClF4O3/c22-14-5-8-16-13(10-14)9-12(4-1-11-2-6-15(23)7-3-11)17(16)18(28)20(24,25)21(26,27)19(29)30/h1-8,10H,9H2,(H,29,30)/b4-1+. The molecule has 0 saturated carbocycles. The number of carboxylic acids is 1. The van der Waals surface area contributed by atoms with E-state index >= 15 is 0 Å². The molecule has 0 heterocycles. The van der Waals surface area contributed by atoms with Crippen molar-refractivity contribution in [3.63, 3.8) is 0 Å². The van der Waals surface area contributed by atoms with Gasteiger partial charge >= 0.3 is 17.8 Å². The van der Waals surface area contributed by atoms with Crippen molar-refractivity contribution in [1.29, 1.82) is 0 Å². The van der Waals surface area contributed by atoms with Crippen molar-refractivity contribution in [1.82, 2.24) is 0 Å². The minimum atomic E-state index is -5.56. The zero-order valence-corrected chi connectivity index (χ0v) is 17.3. The van der Waals surface area contributed by atoms with Crippen molar-refractivity contribution in [2.45, 2.75) is 18.3 Å². The Kier molecular flexibility index (Phi) is 5.93. The van der Waals surface area contributed by atoms with E-state index in [1.54, 1.807) is 30.3 Å². The van der Waals surface area contributed by atoms with E-state index in [1.807, 2.05) is 0 Å². The van der Waals surface area contributed by atoms with Gasteiger partial charge in [0.2, 0.25) is 5.78 Å². The molecule has 30 heavy (non-hydrogen) atoms. The second-order valence-electron chi connectivity index (χ2n) is 6.55. The Labute approximate surface area is 181 Å². The molecular weight excluding hydrogens is 492 g/mol. The van der Waals surface area contributed by atoms with Crippen LogP contribution in [0.4, 0.5) is 17.6 Å². The summed E-state index contributed by atoms with van der Waals surface area (Å²) < 4.78 is 56.5. The van der Waals surface area contributed by atoms with Crippen molar-refractivity contribution in [2.24, 2.45) is 0 Å². The van der Waals surface area contributed by atoms with E-state index in [4.69, 9.17) is 16.7 Å². The van der Waals surface area contributed by atoms with Gasteiger partial charge < -0.3 is 5.11 Å². The molecule has 1 N–H and O–H groups in total. The molecule has 0 unspecified atom stereocenters. The van der Waals surface area contributed by atoms with Gasteiger partial charge in [0.15, 0.2) is 0 Å². The Hall–Kier alpha value is -2.45. The van der Waals surface area contributed by atoms with Crippen LogP contribution in [0.2, 0.25) is 5.02 Å². The number of carboxylic acid groups (broad SMARTS) is 1. The minimum Gasteiger partial charge on any atom is -0.477 e. The van der Waals surface area contributed by atoms with Gasteiger partial charge in [-0.1, -0.05) is 57.9 Å². The monoisotopic (exact) mass is 502 g/mol. The lowest BCUT2D eigenvalue weighted by Gasteiger charge is -2.22. The van der Waals surface area contributed by atoms with E-state index in [1.165, 1.54) is 24.3 Å². The highest BCUT2D eigenvalue weighted by Crippen LogP contribution is 2.44. The lowest BCUT2D eigenvalue weighted by Crippen LogP contribution is -2.52. The lowest BCUT2D eigenvalue weighted by molar-refractivity contribution is -0.218. The molecule has 3 rings (SSSR count). The molecule has 9 heteroatoms. The Morgan fingerprint density at radius 3 is 2.23 bits per heavy atom. The number of hydrogen-bond acceptors (Lipinski definition) is 2. The van der Waals surface area contributed by atoms with E-state index in [0.29, 0.717) is 20.6 Å². The molecular formula is C21H12BrClF4O3. The number of alkyl halides is 4. The fourth-order valence-corrected chi connectivity index (χ4v) is 3.57. The Morgan fingerprint density at radius 2 is 1.63 bits per heavy atom. The van der Waals surface area contributed by atoms with Crippen molar-refractivity contribution < 1.29 is 32.3 Å². The summed E-state index contributed by atoms with van der Waals surface area (Å²) in [6.07, 6.45) is 2.93. The molecule has 0 aromatic heterocycles. The van der Waals surface area contributed by atoms with Gasteiger partial charge in [0.1, 0.15) is 0 Å². The zero-order valence-electron chi connectivity index (χ0n) is 14.9. The number of carbonyl (C=O) groups is 2. The van der Waals surface area contributed by atoms with Crippen molar-refractivity contribution in [3.8, 4) is 0 Å². The third-order valence-corrected chi connectivity index (χ3v) is 5.31. The van der Waals surface area contributed by atoms with Gasteiger partial charge in [-0.2, -0.15) is 17.6 Å². The van der Waals surface area contributed by atoms with Crippen molar-refractivity contribution >= 4 is 50.9 Å². The van der Waals surface area contributed by atoms with E-state index in [9.17, 15) is 27.2 Å². The average molecular weight is 504 g/mol. The van der Waals surface area contributed by atoms with Crippen LogP contribution in [0.5, 0.6) is 0 Å². The summed E-state index contributed by atoms with van der Waals surface area (Å²) in [4.78, 5) is 23.2. The molecule has 0 aliphatic heterocycles. The number of allylic oxidation sites excluding steroid dienone is 3. The molecule has 0 bridgehead atoms. The Bertz CT molecular complexity index is 1090. The number of aliphatic carboxylic acids is 1. The van der Waals surface area contributed by atoms with Gasteiger partial charge in [0.05, 0.1) is 0 Å². The van der Waals surface area contributed by atoms with E-state index in [2.05, 4.69) is 15.9 Å². The largest absolute Gasteiger partial charge is 0.477 e. The summed E-state index contributed by atoms with van der Waals surface area (Å²) in [5.74, 6) is -16.3. The van der Waals surface area contributed by atoms with Crippen LogP contribution in [0.3, 0.4) is 0 Å². The highest BCUT2D eigenvalue weighted by Gasteiger charge is 2.68. The first kappa shape index (κ1) is 22.2. The van der Waals surface area contributed by atoms with Crippen LogP contribution in [0, 0.1) is 0 Å². The molecule has 1 aliphatic rings. The predicted octanol–water partition coefficient (Wildman–Crippen LogP) is 6.05. The third-order valence-electron chi connectivity index (χ3n) is 4.56. The molecule has 2 aromatic carbocycles. The van der Waals surface area contributed by atoms with Crippen LogP contribution in [0.25, 0.3) is 11.6 Å². The smallest absolute Gasteiger partial charge is 0.412 e. The summed E-state index contributed by atoms with van der Waals surface area (Å²) in [5.41, 5.74) is 0.605. The number of hydrogen-bond donors (Lipinski definition) is 1. The molecule has 3 nitrogen and oxygen atoms in total. The van der Waals surface area contributed by atoms with Gasteiger partial charge in [0, 0.05) is 15.1 Å². The second kappa shape index (κ2) is 8.00. The van der Waals surface area contributed by atoms with Crippen molar-refractivity contribution in [3.05, 3.63) is 80.3 Å². The SMILES string of the molecule is O=C(O)C(F)(F)C(F)(F)C(=O)C1=C(/C=C/c2ccc(Cl)cc2)Cc2cc(Br)ccc21. The molecule has 0 amide bonds. The first-order chi connectivity index (χ1) is 13.9. The zero-order chi connectivity index (χ0) is 22.3. The molecule has 0 radical (unpaired) electrons. The van der Waals surface area contributed by atoms with Crippen LogP contribution >= 0.6 is 27.5 Å². The first-order valence-electron chi connectivity index (χ1n) is 8.44. The maximum Gasteiger partial charge on any atom is 0.412 e. The summed E-state index contributed by atoms with van der Waals surface area (Å²) >= 11 is 9.05. The van der Waals surface area contributed by atoms with E-state index < -0.39 is 29.2 Å². The third kappa shape index (κ3) is 3.94. The Morgan fingerprint density at radius 1 is 1.00 bits per heavy atom. The highest BCUT2D eigenvalue weighted by atomic mass is 79.9. The van der Waals surface area contributed by atoms with E-state index in [-0.39, 0.29) is 17.6 Å². The summed E-state index contributed by atoms with van der Waals surface area (Å²) in [7, 11) is 0. The van der Waals surface area contributed by atoms with Crippen LogP contribution in [-0.2, 0) is 16.0 Å². The molecule has 0 fully saturated rings. The fourth-order valence-electron chi connectivity index (χ4n) is 3.03. The fraction of sp³-hybridized carbons (Fsp3) is 0.143. The molecule has 156 valence electrons. The summed E-state index contributed by atoms with van der Waals surface area (Å²) in [5, 5.41) is 8.99. The van der Waals surface area contributed by atoms with Crippen molar-refractivity contribution in [2.75, 3.05) is 0 Å². The highest BCUT2D eigenvalue weighted by molar-refractivity contribution is 9.10. The maximum atomic E-state index is 14.3. The molecule has 2 aromatic rings. The lowest BCUT2D eigenvalue weighted by atomic mass is 9.94. The number of rotatable bonds is 6. The second-order valence-corrected chi connectivity index (χ2v) is 7.90. The molecule has 1 aliphatic carbocycles. The number of benzene rings is 2. The molecule has 0 atom stereocenters. The number of Topliss-reactive ketones (excluding diaryl/α,β-unsaturated/α-hetero) is 1. The summed E-state index contributed by atoms with van der Waals surface area (Å²) in [6.45, 7) is 0.